The fourth-order valence-corrected chi connectivity index (χ4v) is 1.25. The van der Waals surface area contributed by atoms with E-state index in [1.165, 1.54) is 0 Å². The second-order valence-corrected chi connectivity index (χ2v) is 4.11. The molecule has 1 heterocycles. The molecule has 100 valence electrons. The Balaban J connectivity index is 2.38. The number of esters is 1. The van der Waals surface area contributed by atoms with Crippen molar-refractivity contribution in [1.82, 2.24) is 10.3 Å². The fourth-order valence-electron chi connectivity index (χ4n) is 1.25. The van der Waals surface area contributed by atoms with Crippen LogP contribution in [0.15, 0.2) is 18.3 Å². The Kier molecular flexibility index (Phi) is 6.14. The van der Waals surface area contributed by atoms with Crippen molar-refractivity contribution in [3.05, 3.63) is 24.0 Å². The zero-order valence-electron chi connectivity index (χ0n) is 11.1. The second kappa shape index (κ2) is 7.66. The lowest BCUT2D eigenvalue weighted by Gasteiger charge is -2.08. The van der Waals surface area contributed by atoms with Gasteiger partial charge < -0.3 is 14.8 Å². The summed E-state index contributed by atoms with van der Waals surface area (Å²) >= 11 is 0. The van der Waals surface area contributed by atoms with Crippen LogP contribution in [0.2, 0.25) is 0 Å². The monoisotopic (exact) mass is 252 g/mol. The zero-order chi connectivity index (χ0) is 13.4. The molecular formula is C13H20N2O3. The summed E-state index contributed by atoms with van der Waals surface area (Å²) in [6, 6.07) is 4.09. The summed E-state index contributed by atoms with van der Waals surface area (Å²) in [5, 5.41) is 3.27. The van der Waals surface area contributed by atoms with Crippen molar-refractivity contribution in [2.75, 3.05) is 13.2 Å². The molecule has 0 aliphatic heterocycles. The number of aromatic nitrogens is 1. The quantitative estimate of drug-likeness (QED) is 0.746. The van der Waals surface area contributed by atoms with Crippen LogP contribution >= 0.6 is 0 Å². The molecule has 18 heavy (non-hydrogen) atoms. The van der Waals surface area contributed by atoms with Crippen molar-refractivity contribution >= 4 is 5.97 Å². The molecule has 1 rings (SSSR count). The van der Waals surface area contributed by atoms with Crippen LogP contribution in [0.5, 0.6) is 5.75 Å². The van der Waals surface area contributed by atoms with Crippen molar-refractivity contribution in [3.8, 4) is 5.75 Å². The summed E-state index contributed by atoms with van der Waals surface area (Å²) in [7, 11) is 0. The van der Waals surface area contributed by atoms with Crippen LogP contribution in [-0.4, -0.2) is 30.2 Å². The molecule has 5 heteroatoms. The minimum absolute atomic E-state index is 0.0842. The number of nitrogens with one attached hydrogen (secondary N) is 1. The van der Waals surface area contributed by atoms with Crippen LogP contribution < -0.4 is 10.1 Å². The first-order chi connectivity index (χ1) is 8.61. The van der Waals surface area contributed by atoms with E-state index < -0.39 is 0 Å². The van der Waals surface area contributed by atoms with E-state index in [9.17, 15) is 4.79 Å². The van der Waals surface area contributed by atoms with Gasteiger partial charge in [-0.2, -0.15) is 0 Å². The summed E-state index contributed by atoms with van der Waals surface area (Å²) in [6.07, 6.45) is 1.61. The molecule has 0 saturated heterocycles. The molecule has 0 radical (unpaired) electrons. The normalized spacial score (nSPS) is 10.4. The third kappa shape index (κ3) is 5.63. The second-order valence-electron chi connectivity index (χ2n) is 4.11. The standard InChI is InChI=1S/C13H20N2O3/c1-4-17-13(16)9-18-12-6-5-11(15-8-12)7-14-10(2)3/h5-6,8,10,14H,4,7,9H2,1-3H3. The van der Waals surface area contributed by atoms with E-state index in [4.69, 9.17) is 9.47 Å². The molecule has 0 saturated carbocycles. The van der Waals surface area contributed by atoms with E-state index in [0.29, 0.717) is 18.4 Å². The number of rotatable bonds is 7. The number of ether oxygens (including phenoxy) is 2. The first-order valence-corrected chi connectivity index (χ1v) is 6.08. The maximum Gasteiger partial charge on any atom is 0.344 e. The largest absolute Gasteiger partial charge is 0.480 e. The van der Waals surface area contributed by atoms with Gasteiger partial charge in [-0.25, -0.2) is 4.79 Å². The molecule has 0 aliphatic rings. The maximum atomic E-state index is 11.1. The van der Waals surface area contributed by atoms with E-state index >= 15 is 0 Å². The van der Waals surface area contributed by atoms with Gasteiger partial charge in [0.15, 0.2) is 6.61 Å². The molecule has 0 fully saturated rings. The SMILES string of the molecule is CCOC(=O)COc1ccc(CNC(C)C)nc1. The van der Waals surface area contributed by atoms with Crippen LogP contribution in [0.4, 0.5) is 0 Å². The zero-order valence-corrected chi connectivity index (χ0v) is 11.1. The summed E-state index contributed by atoms with van der Waals surface area (Å²) in [5.41, 5.74) is 0.937. The Bertz CT molecular complexity index is 363. The van der Waals surface area contributed by atoms with E-state index in [1.54, 1.807) is 19.2 Å². The van der Waals surface area contributed by atoms with Crippen molar-refractivity contribution in [1.29, 1.82) is 0 Å². The fraction of sp³-hybridized carbons (Fsp3) is 0.538. The lowest BCUT2D eigenvalue weighted by molar-refractivity contribution is -0.145. The summed E-state index contributed by atoms with van der Waals surface area (Å²) in [5.74, 6) is 0.194. The van der Waals surface area contributed by atoms with Crippen molar-refractivity contribution in [2.45, 2.75) is 33.4 Å². The first-order valence-electron chi connectivity index (χ1n) is 6.08. The van der Waals surface area contributed by atoms with Gasteiger partial charge in [-0.3, -0.25) is 4.98 Å². The molecule has 0 aliphatic carbocycles. The van der Waals surface area contributed by atoms with Crippen molar-refractivity contribution in [2.24, 2.45) is 0 Å². The Morgan fingerprint density at radius 2 is 2.22 bits per heavy atom. The number of nitrogens with zero attached hydrogens (tertiary/aromatic N) is 1. The lowest BCUT2D eigenvalue weighted by Crippen LogP contribution is -2.22. The predicted molar refractivity (Wildman–Crippen MR) is 68.3 cm³/mol. The van der Waals surface area contributed by atoms with Crippen molar-refractivity contribution in [3.63, 3.8) is 0 Å². The first kappa shape index (κ1) is 14.4. The molecular weight excluding hydrogens is 232 g/mol. The van der Waals surface area contributed by atoms with E-state index in [-0.39, 0.29) is 12.6 Å². The number of hydrogen-bond donors (Lipinski definition) is 1. The van der Waals surface area contributed by atoms with Gasteiger partial charge in [0.2, 0.25) is 0 Å². The van der Waals surface area contributed by atoms with E-state index in [1.807, 2.05) is 6.07 Å². The Labute approximate surface area is 108 Å². The molecule has 0 unspecified atom stereocenters. The average Bonchev–Trinajstić information content (AvgIpc) is 2.35. The number of hydrogen-bond acceptors (Lipinski definition) is 5. The number of carbonyl (C=O) groups excluding carboxylic acids is 1. The molecule has 0 atom stereocenters. The van der Waals surface area contributed by atoms with E-state index in [0.717, 1.165) is 12.2 Å². The highest BCUT2D eigenvalue weighted by Crippen LogP contribution is 2.09. The third-order valence-electron chi connectivity index (χ3n) is 2.15. The molecule has 0 aromatic carbocycles. The number of carbonyl (C=O) groups is 1. The molecule has 5 nitrogen and oxygen atoms in total. The van der Waals surface area contributed by atoms with Crippen LogP contribution in [0.25, 0.3) is 0 Å². The van der Waals surface area contributed by atoms with Crippen LogP contribution in [0.1, 0.15) is 26.5 Å². The minimum Gasteiger partial charge on any atom is -0.480 e. The molecule has 1 aromatic rings. The smallest absolute Gasteiger partial charge is 0.344 e. The van der Waals surface area contributed by atoms with E-state index in [2.05, 4.69) is 24.1 Å². The van der Waals surface area contributed by atoms with Gasteiger partial charge >= 0.3 is 5.97 Å². The van der Waals surface area contributed by atoms with Crippen molar-refractivity contribution < 1.29 is 14.3 Å². The van der Waals surface area contributed by atoms with Gasteiger partial charge in [0.25, 0.3) is 0 Å². The Morgan fingerprint density at radius 3 is 2.78 bits per heavy atom. The van der Waals surface area contributed by atoms with Crippen LogP contribution in [0.3, 0.4) is 0 Å². The molecule has 0 spiro atoms. The van der Waals surface area contributed by atoms with Gasteiger partial charge in [-0.15, -0.1) is 0 Å². The highest BCUT2D eigenvalue weighted by molar-refractivity contribution is 5.71. The van der Waals surface area contributed by atoms with Gasteiger partial charge in [-0.1, -0.05) is 13.8 Å². The molecule has 1 N–H and O–H groups in total. The Morgan fingerprint density at radius 1 is 1.44 bits per heavy atom. The highest BCUT2D eigenvalue weighted by Gasteiger charge is 2.03. The number of pyridine rings is 1. The summed E-state index contributed by atoms with van der Waals surface area (Å²) < 4.78 is 10.0. The maximum absolute atomic E-state index is 11.1. The van der Waals surface area contributed by atoms with Gasteiger partial charge in [0.05, 0.1) is 18.5 Å². The average molecular weight is 252 g/mol. The highest BCUT2D eigenvalue weighted by atomic mass is 16.6. The van der Waals surface area contributed by atoms with Gasteiger partial charge in [0, 0.05) is 12.6 Å². The minimum atomic E-state index is -0.372. The van der Waals surface area contributed by atoms with Gasteiger partial charge in [-0.05, 0) is 19.1 Å². The summed E-state index contributed by atoms with van der Waals surface area (Å²) in [6.45, 7) is 6.92. The lowest BCUT2D eigenvalue weighted by atomic mass is 10.3. The molecule has 0 bridgehead atoms. The predicted octanol–water partition coefficient (Wildman–Crippen LogP) is 1.52. The molecule has 1 aromatic heterocycles. The topological polar surface area (TPSA) is 60.5 Å². The molecule has 0 amide bonds. The summed E-state index contributed by atoms with van der Waals surface area (Å²) in [4.78, 5) is 15.3. The third-order valence-corrected chi connectivity index (χ3v) is 2.15. The van der Waals surface area contributed by atoms with Crippen LogP contribution in [0, 0.1) is 0 Å². The Hall–Kier alpha value is -1.62. The van der Waals surface area contributed by atoms with Gasteiger partial charge in [0.1, 0.15) is 5.75 Å². The van der Waals surface area contributed by atoms with Crippen LogP contribution in [-0.2, 0) is 16.1 Å².